The first-order valence-corrected chi connectivity index (χ1v) is 6.92. The number of aromatic carboxylic acids is 1. The molecule has 0 saturated carbocycles. The molecule has 3 rings (SSSR count). The van der Waals surface area contributed by atoms with Gasteiger partial charge in [0, 0.05) is 11.1 Å². The number of phenols is 1. The zero-order valence-electron chi connectivity index (χ0n) is 10.7. The molecular weight excluding hydrogens is 288 g/mol. The zero-order chi connectivity index (χ0) is 14.8. The van der Waals surface area contributed by atoms with E-state index >= 15 is 0 Å². The van der Waals surface area contributed by atoms with E-state index in [-0.39, 0.29) is 11.3 Å². The van der Waals surface area contributed by atoms with E-state index in [0.29, 0.717) is 0 Å². The average Bonchev–Trinajstić information content (AvgIpc) is 2.98. The van der Waals surface area contributed by atoms with Crippen LogP contribution < -0.4 is 0 Å². The SMILES string of the molecule is O=C(O)c1ccc(-c2nnc(-c3ccc(O)cc3)s2)cc1. The molecule has 5 nitrogen and oxygen atoms in total. The molecule has 2 aromatic carbocycles. The van der Waals surface area contributed by atoms with E-state index in [4.69, 9.17) is 5.11 Å². The number of hydrogen-bond donors (Lipinski definition) is 2. The summed E-state index contributed by atoms with van der Waals surface area (Å²) < 4.78 is 0. The first-order chi connectivity index (χ1) is 10.1. The Balaban J connectivity index is 1.90. The van der Waals surface area contributed by atoms with Crippen molar-refractivity contribution in [2.45, 2.75) is 0 Å². The highest BCUT2D eigenvalue weighted by Crippen LogP contribution is 2.30. The molecule has 0 aliphatic heterocycles. The molecule has 2 N–H and O–H groups in total. The third kappa shape index (κ3) is 2.75. The van der Waals surface area contributed by atoms with Crippen LogP contribution in [-0.4, -0.2) is 26.4 Å². The monoisotopic (exact) mass is 298 g/mol. The number of carboxylic acids is 1. The minimum Gasteiger partial charge on any atom is -0.508 e. The van der Waals surface area contributed by atoms with Gasteiger partial charge in [-0.25, -0.2) is 4.79 Å². The summed E-state index contributed by atoms with van der Waals surface area (Å²) in [5.41, 5.74) is 1.93. The molecule has 3 aromatic rings. The maximum Gasteiger partial charge on any atom is 0.335 e. The molecule has 1 heterocycles. The van der Waals surface area contributed by atoms with Gasteiger partial charge in [0.05, 0.1) is 5.56 Å². The van der Waals surface area contributed by atoms with Gasteiger partial charge in [-0.1, -0.05) is 23.5 Å². The highest BCUT2D eigenvalue weighted by molar-refractivity contribution is 7.17. The molecule has 21 heavy (non-hydrogen) atoms. The van der Waals surface area contributed by atoms with Gasteiger partial charge in [-0.3, -0.25) is 0 Å². The molecule has 0 bridgehead atoms. The molecule has 0 radical (unpaired) electrons. The largest absolute Gasteiger partial charge is 0.508 e. The fourth-order valence-corrected chi connectivity index (χ4v) is 2.67. The molecule has 104 valence electrons. The Hall–Kier alpha value is -2.73. The van der Waals surface area contributed by atoms with E-state index in [1.165, 1.54) is 11.3 Å². The minimum absolute atomic E-state index is 0.202. The summed E-state index contributed by atoms with van der Waals surface area (Å²) in [5.74, 6) is -0.753. The van der Waals surface area contributed by atoms with E-state index in [9.17, 15) is 9.90 Å². The van der Waals surface area contributed by atoms with Crippen molar-refractivity contribution in [3.8, 4) is 26.9 Å². The van der Waals surface area contributed by atoms with Crippen LogP contribution in [0.2, 0.25) is 0 Å². The Morgan fingerprint density at radius 2 is 1.33 bits per heavy atom. The lowest BCUT2D eigenvalue weighted by Gasteiger charge is -1.97. The molecule has 1 aromatic heterocycles. The minimum atomic E-state index is -0.955. The molecule has 0 fully saturated rings. The summed E-state index contributed by atoms with van der Waals surface area (Å²) in [6, 6.07) is 13.2. The van der Waals surface area contributed by atoms with Crippen LogP contribution in [-0.2, 0) is 0 Å². The number of aromatic nitrogens is 2. The molecular formula is C15H10N2O3S. The number of aromatic hydroxyl groups is 1. The standard InChI is InChI=1S/C15H10N2O3S/c18-12-7-5-10(6-8-12)14-17-16-13(21-14)9-1-3-11(4-2-9)15(19)20/h1-8,18H,(H,19,20). The van der Waals surface area contributed by atoms with E-state index in [2.05, 4.69) is 10.2 Å². The van der Waals surface area contributed by atoms with Crippen LogP contribution in [0.1, 0.15) is 10.4 Å². The van der Waals surface area contributed by atoms with Crippen LogP contribution in [0.15, 0.2) is 48.5 Å². The predicted octanol–water partition coefficient (Wildman–Crippen LogP) is 3.28. The number of hydrogen-bond acceptors (Lipinski definition) is 5. The average molecular weight is 298 g/mol. The predicted molar refractivity (Wildman–Crippen MR) is 79.4 cm³/mol. The number of carboxylic acid groups (broad SMARTS) is 1. The van der Waals surface area contributed by atoms with Crippen LogP contribution >= 0.6 is 11.3 Å². The van der Waals surface area contributed by atoms with Crippen LogP contribution in [0.5, 0.6) is 5.75 Å². The second-order valence-electron chi connectivity index (χ2n) is 4.34. The lowest BCUT2D eigenvalue weighted by Crippen LogP contribution is -1.94. The molecule has 0 atom stereocenters. The lowest BCUT2D eigenvalue weighted by atomic mass is 10.1. The third-order valence-corrected chi connectivity index (χ3v) is 3.94. The van der Waals surface area contributed by atoms with Crippen molar-refractivity contribution in [1.29, 1.82) is 0 Å². The van der Waals surface area contributed by atoms with Crippen molar-refractivity contribution in [1.82, 2.24) is 10.2 Å². The Morgan fingerprint density at radius 1 is 0.857 bits per heavy atom. The van der Waals surface area contributed by atoms with Crippen LogP contribution in [0.25, 0.3) is 21.1 Å². The van der Waals surface area contributed by atoms with E-state index < -0.39 is 5.97 Å². The Bertz CT molecular complexity index is 779. The first-order valence-electron chi connectivity index (χ1n) is 6.10. The van der Waals surface area contributed by atoms with E-state index in [1.807, 2.05) is 0 Å². The molecule has 6 heteroatoms. The second kappa shape index (κ2) is 5.34. The summed E-state index contributed by atoms with van der Waals surface area (Å²) in [6.45, 7) is 0. The van der Waals surface area contributed by atoms with E-state index in [0.717, 1.165) is 21.1 Å². The Labute approximate surface area is 124 Å². The van der Waals surface area contributed by atoms with Gasteiger partial charge in [-0.2, -0.15) is 0 Å². The van der Waals surface area contributed by atoms with Crippen molar-refractivity contribution in [3.05, 3.63) is 54.1 Å². The van der Waals surface area contributed by atoms with Crippen molar-refractivity contribution in [2.24, 2.45) is 0 Å². The first kappa shape index (κ1) is 13.3. The van der Waals surface area contributed by atoms with Crippen molar-refractivity contribution in [3.63, 3.8) is 0 Å². The maximum atomic E-state index is 10.8. The Morgan fingerprint density at radius 3 is 1.81 bits per heavy atom. The van der Waals surface area contributed by atoms with Crippen LogP contribution in [0.4, 0.5) is 0 Å². The van der Waals surface area contributed by atoms with Gasteiger partial charge in [0.15, 0.2) is 0 Å². The van der Waals surface area contributed by atoms with Gasteiger partial charge in [-0.15, -0.1) is 10.2 Å². The Kier molecular flexibility index (Phi) is 3.37. The highest BCUT2D eigenvalue weighted by Gasteiger charge is 2.09. The second-order valence-corrected chi connectivity index (χ2v) is 5.32. The normalized spacial score (nSPS) is 10.5. The van der Waals surface area contributed by atoms with Gasteiger partial charge in [0.25, 0.3) is 0 Å². The van der Waals surface area contributed by atoms with Crippen LogP contribution in [0.3, 0.4) is 0 Å². The number of nitrogens with zero attached hydrogens (tertiary/aromatic N) is 2. The molecule has 0 unspecified atom stereocenters. The topological polar surface area (TPSA) is 83.3 Å². The number of rotatable bonds is 3. The molecule has 0 aliphatic rings. The summed E-state index contributed by atoms with van der Waals surface area (Å²) in [6.07, 6.45) is 0. The quantitative estimate of drug-likeness (QED) is 0.775. The third-order valence-electron chi connectivity index (χ3n) is 2.92. The summed E-state index contributed by atoms with van der Waals surface area (Å²) >= 11 is 1.41. The number of carbonyl (C=O) groups is 1. The summed E-state index contributed by atoms with van der Waals surface area (Å²) in [5, 5.41) is 27.9. The fourth-order valence-electron chi connectivity index (χ4n) is 1.82. The van der Waals surface area contributed by atoms with Gasteiger partial charge < -0.3 is 10.2 Å². The maximum absolute atomic E-state index is 10.8. The van der Waals surface area contributed by atoms with Gasteiger partial charge in [0.2, 0.25) is 0 Å². The summed E-state index contributed by atoms with van der Waals surface area (Å²) in [4.78, 5) is 10.8. The van der Waals surface area contributed by atoms with Crippen molar-refractivity contribution in [2.75, 3.05) is 0 Å². The lowest BCUT2D eigenvalue weighted by molar-refractivity contribution is 0.0697. The van der Waals surface area contributed by atoms with Crippen LogP contribution in [0, 0.1) is 0 Å². The number of benzene rings is 2. The number of phenolic OH excluding ortho intramolecular Hbond substituents is 1. The summed E-state index contributed by atoms with van der Waals surface area (Å²) in [7, 11) is 0. The molecule has 0 saturated heterocycles. The smallest absolute Gasteiger partial charge is 0.335 e. The van der Waals surface area contributed by atoms with E-state index in [1.54, 1.807) is 48.5 Å². The molecule has 0 aliphatic carbocycles. The molecule has 0 amide bonds. The van der Waals surface area contributed by atoms with Crippen molar-refractivity contribution >= 4 is 17.3 Å². The van der Waals surface area contributed by atoms with Gasteiger partial charge in [-0.05, 0) is 36.4 Å². The highest BCUT2D eigenvalue weighted by atomic mass is 32.1. The molecule has 0 spiro atoms. The zero-order valence-corrected chi connectivity index (χ0v) is 11.5. The van der Waals surface area contributed by atoms with Gasteiger partial charge in [0.1, 0.15) is 15.8 Å². The van der Waals surface area contributed by atoms with Crippen molar-refractivity contribution < 1.29 is 15.0 Å². The van der Waals surface area contributed by atoms with Gasteiger partial charge >= 0.3 is 5.97 Å². The fraction of sp³-hybridized carbons (Fsp3) is 0.